The van der Waals surface area contributed by atoms with Gasteiger partial charge in [-0.2, -0.15) is 0 Å². The van der Waals surface area contributed by atoms with E-state index >= 15 is 0 Å². The molecule has 0 radical (unpaired) electrons. The topological polar surface area (TPSA) is 26.3 Å². The first-order valence-electron chi connectivity index (χ1n) is 8.62. The van der Waals surface area contributed by atoms with Crippen LogP contribution in [-0.4, -0.2) is 29.8 Å². The first-order chi connectivity index (χ1) is 9.55. The van der Waals surface area contributed by atoms with E-state index in [9.17, 15) is 4.79 Å². The number of carbonyl (C=O) groups excluding carboxylic acids is 1. The van der Waals surface area contributed by atoms with Gasteiger partial charge >= 0.3 is 5.71 Å². The van der Waals surface area contributed by atoms with Gasteiger partial charge in [0.25, 0.3) is 0 Å². The van der Waals surface area contributed by atoms with Gasteiger partial charge in [-0.05, 0) is 65.2 Å². The third-order valence-electron chi connectivity index (χ3n) is 5.40. The van der Waals surface area contributed by atoms with E-state index in [-0.39, 0.29) is 11.8 Å². The summed E-state index contributed by atoms with van der Waals surface area (Å²) in [5.74, 6) is 0. The summed E-state index contributed by atoms with van der Waals surface area (Å²) < 4.78 is 5.73. The maximum Gasteiger partial charge on any atom is 0.451 e. The molecular formula is C17H32O2P+. The van der Waals surface area contributed by atoms with Crippen molar-refractivity contribution in [3.8, 4) is 0 Å². The van der Waals surface area contributed by atoms with Crippen molar-refractivity contribution in [2.24, 2.45) is 0 Å². The van der Waals surface area contributed by atoms with Gasteiger partial charge in [-0.25, -0.2) is 4.79 Å². The minimum absolute atomic E-state index is 0.0361. The van der Waals surface area contributed by atoms with E-state index in [2.05, 4.69) is 6.66 Å². The van der Waals surface area contributed by atoms with Crippen molar-refractivity contribution in [1.29, 1.82) is 0 Å². The molecule has 0 unspecified atom stereocenters. The first-order valence-corrected chi connectivity index (χ1v) is 11.0. The van der Waals surface area contributed by atoms with E-state index in [1.165, 1.54) is 64.2 Å². The lowest BCUT2D eigenvalue weighted by molar-refractivity contribution is 0.140. The summed E-state index contributed by atoms with van der Waals surface area (Å²) in [4.78, 5) is 12.9. The first kappa shape index (κ1) is 16.3. The fraction of sp³-hybridized carbons (Fsp3) is 0.941. The Morgan fingerprint density at radius 2 is 1.30 bits per heavy atom. The van der Waals surface area contributed by atoms with Crippen LogP contribution in [0.3, 0.4) is 0 Å². The van der Waals surface area contributed by atoms with Gasteiger partial charge in [-0.15, -0.1) is 0 Å². The summed E-state index contributed by atoms with van der Waals surface area (Å²) in [6.07, 6.45) is 13.1. The third-order valence-corrected chi connectivity index (χ3v) is 10.4. The van der Waals surface area contributed by atoms with Crippen molar-refractivity contribution in [3.05, 3.63) is 0 Å². The van der Waals surface area contributed by atoms with E-state index in [1.54, 1.807) is 0 Å². The molecule has 0 aromatic carbocycles. The van der Waals surface area contributed by atoms with Gasteiger partial charge in [0.15, 0.2) is 0 Å². The molecule has 0 amide bonds. The normalized spacial score (nSPS) is 23.0. The molecule has 0 spiro atoms. The summed E-state index contributed by atoms with van der Waals surface area (Å²) in [5, 5.41) is 0. The van der Waals surface area contributed by atoms with Gasteiger partial charge in [0.1, 0.15) is 7.26 Å². The molecule has 2 rings (SSSR count). The van der Waals surface area contributed by atoms with Gasteiger partial charge in [-0.3, -0.25) is 0 Å². The number of ether oxygens (including phenoxy) is 1. The molecule has 0 saturated heterocycles. The Bertz CT molecular complexity index is 297. The second kappa shape index (κ2) is 7.25. The number of carbonyl (C=O) groups is 1. The van der Waals surface area contributed by atoms with Crippen molar-refractivity contribution in [2.75, 3.05) is 6.66 Å². The Labute approximate surface area is 125 Å². The summed E-state index contributed by atoms with van der Waals surface area (Å²) >= 11 is 0. The predicted molar refractivity (Wildman–Crippen MR) is 88.2 cm³/mol. The average molecular weight is 299 g/mol. The van der Waals surface area contributed by atoms with Crippen LogP contribution in [0.25, 0.3) is 0 Å². The standard InChI is InChI=1S/C17H32O2P/c1-14(2)19-17(18)20(3,15-10-6-4-7-11-15)16-12-8-5-9-13-16/h14-16H,4-13H2,1-3H3/q+1. The van der Waals surface area contributed by atoms with E-state index in [4.69, 9.17) is 4.74 Å². The van der Waals surface area contributed by atoms with Gasteiger partial charge < -0.3 is 4.74 Å². The molecule has 2 fully saturated rings. The van der Waals surface area contributed by atoms with Gasteiger partial charge in [0.05, 0.1) is 24.1 Å². The molecule has 2 nitrogen and oxygen atoms in total. The number of hydrogen-bond acceptors (Lipinski definition) is 2. The summed E-state index contributed by atoms with van der Waals surface area (Å²) in [6.45, 7) is 6.32. The quantitative estimate of drug-likeness (QED) is 0.609. The summed E-state index contributed by atoms with van der Waals surface area (Å²) in [5.41, 5.74) is 1.52. The van der Waals surface area contributed by atoms with Gasteiger partial charge in [0, 0.05) is 0 Å². The van der Waals surface area contributed by atoms with E-state index in [1.807, 2.05) is 13.8 Å². The van der Waals surface area contributed by atoms with Crippen molar-refractivity contribution >= 4 is 13.0 Å². The highest BCUT2D eigenvalue weighted by Gasteiger charge is 2.56. The number of hydrogen-bond donors (Lipinski definition) is 0. The molecule has 0 aromatic rings. The summed E-state index contributed by atoms with van der Waals surface area (Å²) in [7, 11) is -1.63. The Morgan fingerprint density at radius 1 is 0.900 bits per heavy atom. The van der Waals surface area contributed by atoms with Crippen LogP contribution in [-0.2, 0) is 4.74 Å². The van der Waals surface area contributed by atoms with E-state index in [0.29, 0.717) is 11.3 Å². The highest BCUT2D eigenvalue weighted by atomic mass is 31.2. The molecule has 116 valence electrons. The van der Waals surface area contributed by atoms with E-state index in [0.717, 1.165) is 0 Å². The SMILES string of the molecule is CC(C)OC(=O)[P+](C)(C1CCCCC1)C1CCCCC1. The van der Waals surface area contributed by atoms with Crippen LogP contribution >= 0.6 is 7.26 Å². The fourth-order valence-corrected chi connectivity index (χ4v) is 8.65. The third kappa shape index (κ3) is 3.56. The molecule has 0 bridgehead atoms. The monoisotopic (exact) mass is 299 g/mol. The fourth-order valence-electron chi connectivity index (χ4n) is 4.15. The largest absolute Gasteiger partial charge is 0.451 e. The molecule has 0 aliphatic heterocycles. The highest BCUT2D eigenvalue weighted by molar-refractivity contribution is 7.91. The second-order valence-corrected chi connectivity index (χ2v) is 11.3. The second-order valence-electron chi connectivity index (χ2n) is 7.16. The molecule has 3 heteroatoms. The maximum atomic E-state index is 12.9. The zero-order valence-electron chi connectivity index (χ0n) is 13.6. The smallest absolute Gasteiger partial charge is 0.434 e. The van der Waals surface area contributed by atoms with Gasteiger partial charge in [-0.1, -0.05) is 12.8 Å². The Kier molecular flexibility index (Phi) is 5.90. The maximum absolute atomic E-state index is 12.9. The Balaban J connectivity index is 2.18. The van der Waals surface area contributed by atoms with Crippen LogP contribution in [0.4, 0.5) is 4.79 Å². The molecule has 0 N–H and O–H groups in total. The minimum atomic E-state index is -1.63. The van der Waals surface area contributed by atoms with Crippen molar-refractivity contribution in [1.82, 2.24) is 0 Å². The van der Waals surface area contributed by atoms with Crippen LogP contribution in [0.15, 0.2) is 0 Å². The lowest BCUT2D eigenvalue weighted by Crippen LogP contribution is -2.33. The predicted octanol–water partition coefficient (Wildman–Crippen LogP) is 5.84. The van der Waals surface area contributed by atoms with Gasteiger partial charge in [0.2, 0.25) is 0 Å². The molecule has 2 aliphatic carbocycles. The summed E-state index contributed by atoms with van der Waals surface area (Å²) in [6, 6.07) is 0. The molecule has 0 heterocycles. The molecular weight excluding hydrogens is 267 g/mol. The zero-order chi connectivity index (χ0) is 14.6. The van der Waals surface area contributed by atoms with E-state index < -0.39 is 7.26 Å². The van der Waals surface area contributed by atoms with Crippen LogP contribution in [0.5, 0.6) is 0 Å². The number of rotatable bonds is 4. The van der Waals surface area contributed by atoms with Crippen LogP contribution in [0.2, 0.25) is 0 Å². The Hall–Kier alpha value is -0.100. The average Bonchev–Trinajstić information content (AvgIpc) is 2.47. The van der Waals surface area contributed by atoms with Crippen LogP contribution in [0, 0.1) is 0 Å². The van der Waals surface area contributed by atoms with Crippen molar-refractivity contribution < 1.29 is 9.53 Å². The van der Waals surface area contributed by atoms with Crippen molar-refractivity contribution in [2.45, 2.75) is 95.5 Å². The Morgan fingerprint density at radius 3 is 1.65 bits per heavy atom. The van der Waals surface area contributed by atoms with Crippen molar-refractivity contribution in [3.63, 3.8) is 0 Å². The minimum Gasteiger partial charge on any atom is -0.434 e. The van der Waals surface area contributed by atoms with Crippen LogP contribution < -0.4 is 0 Å². The zero-order valence-corrected chi connectivity index (χ0v) is 14.5. The van der Waals surface area contributed by atoms with Crippen LogP contribution in [0.1, 0.15) is 78.1 Å². The lowest BCUT2D eigenvalue weighted by Gasteiger charge is -2.38. The molecule has 20 heavy (non-hydrogen) atoms. The molecule has 0 aromatic heterocycles. The molecule has 2 saturated carbocycles. The molecule has 0 atom stereocenters. The highest BCUT2D eigenvalue weighted by Crippen LogP contribution is 2.70. The molecule has 2 aliphatic rings. The lowest BCUT2D eigenvalue weighted by atomic mass is 9.99.